The van der Waals surface area contributed by atoms with Gasteiger partial charge in [-0.15, -0.1) is 0 Å². The summed E-state index contributed by atoms with van der Waals surface area (Å²) in [7, 11) is 0. The Balaban J connectivity index is 2.76. The van der Waals surface area contributed by atoms with Crippen LogP contribution in [0.5, 0.6) is 0 Å². The van der Waals surface area contributed by atoms with Crippen molar-refractivity contribution in [3.05, 3.63) is 85.1 Å². The van der Waals surface area contributed by atoms with Crippen LogP contribution in [-0.2, 0) is 42.9 Å². The van der Waals surface area contributed by atoms with Crippen LogP contribution in [0.2, 0.25) is 0 Å². The number of aliphatic hydroxyl groups is 2. The normalized spacial score (nSPS) is 18.8. The van der Waals surface area contributed by atoms with Gasteiger partial charge in [0.05, 0.1) is 13.0 Å². The minimum Gasteiger partial charge on any atom is -0.479 e. The molecule has 12 nitrogen and oxygen atoms in total. The van der Waals surface area contributed by atoms with Crippen molar-refractivity contribution in [3.8, 4) is 0 Å². The molecule has 0 radical (unpaired) electrons. The van der Waals surface area contributed by atoms with Gasteiger partial charge in [-0.25, -0.2) is 4.79 Å². The maximum absolute atomic E-state index is 13.1. The van der Waals surface area contributed by atoms with E-state index in [1.54, 1.807) is 6.08 Å². The topological polar surface area (TPSA) is 175 Å². The number of unbranched alkanes of at least 4 members (excludes halogenated alkanes) is 22. The van der Waals surface area contributed by atoms with E-state index in [1.807, 2.05) is 12.2 Å². The van der Waals surface area contributed by atoms with Crippen molar-refractivity contribution in [2.45, 2.75) is 276 Å². The highest BCUT2D eigenvalue weighted by atomic mass is 16.7. The third-order valence-corrected chi connectivity index (χ3v) is 13.0. The molecule has 428 valence electrons. The molecule has 0 aromatic heterocycles. The Hall–Kier alpha value is -4.10. The molecule has 0 aliphatic carbocycles. The van der Waals surface area contributed by atoms with Gasteiger partial charge in [-0.1, -0.05) is 209 Å². The molecule has 12 heteroatoms. The fourth-order valence-electron chi connectivity index (χ4n) is 8.43. The number of hydrogen-bond donors (Lipinski definition) is 3. The van der Waals surface area contributed by atoms with Gasteiger partial charge in [0.2, 0.25) is 0 Å². The first-order valence-electron chi connectivity index (χ1n) is 29.6. The van der Waals surface area contributed by atoms with Gasteiger partial charge in [0.1, 0.15) is 18.8 Å². The number of carbonyl (C=O) groups excluding carboxylic acids is 3. The van der Waals surface area contributed by atoms with E-state index >= 15 is 0 Å². The third kappa shape index (κ3) is 40.8. The van der Waals surface area contributed by atoms with E-state index in [9.17, 15) is 34.5 Å². The number of ether oxygens (including phenoxy) is 5. The quantitative estimate of drug-likeness (QED) is 0.0228. The second-order valence-corrected chi connectivity index (χ2v) is 19.9. The first-order valence-corrected chi connectivity index (χ1v) is 29.6. The van der Waals surface area contributed by atoms with Crippen LogP contribution >= 0.6 is 0 Å². The number of carbonyl (C=O) groups is 4. The van der Waals surface area contributed by atoms with Gasteiger partial charge in [0, 0.05) is 12.8 Å². The summed E-state index contributed by atoms with van der Waals surface area (Å²) in [6.45, 7) is 5.77. The lowest BCUT2D eigenvalue weighted by Crippen LogP contribution is -2.61. The van der Waals surface area contributed by atoms with E-state index in [4.69, 9.17) is 23.7 Å². The van der Waals surface area contributed by atoms with E-state index in [0.29, 0.717) is 19.3 Å². The number of aliphatic carboxylic acids is 1. The van der Waals surface area contributed by atoms with Crippen LogP contribution in [0.15, 0.2) is 85.1 Å². The number of esters is 3. The molecule has 75 heavy (non-hydrogen) atoms. The highest BCUT2D eigenvalue weighted by Gasteiger charge is 2.50. The molecule has 1 fully saturated rings. The lowest BCUT2D eigenvalue weighted by atomic mass is 9.98. The molecule has 1 aliphatic rings. The highest BCUT2D eigenvalue weighted by Crippen LogP contribution is 2.26. The summed E-state index contributed by atoms with van der Waals surface area (Å²) >= 11 is 0. The molecule has 0 aromatic carbocycles. The Morgan fingerprint density at radius 1 is 0.467 bits per heavy atom. The summed E-state index contributed by atoms with van der Waals surface area (Å²) in [5.74, 6) is -3.31. The maximum Gasteiger partial charge on any atom is 0.335 e. The van der Waals surface area contributed by atoms with Crippen molar-refractivity contribution in [3.63, 3.8) is 0 Å². The number of carboxylic acids is 1. The monoisotopic (exact) mass is 1050 g/mol. The smallest absolute Gasteiger partial charge is 0.335 e. The van der Waals surface area contributed by atoms with Crippen molar-refractivity contribution in [2.75, 3.05) is 13.2 Å². The van der Waals surface area contributed by atoms with Crippen molar-refractivity contribution >= 4 is 23.9 Å². The molecule has 6 unspecified atom stereocenters. The summed E-state index contributed by atoms with van der Waals surface area (Å²) in [6.07, 6.45) is 52.9. The number of aliphatic hydroxyl groups excluding tert-OH is 2. The summed E-state index contributed by atoms with van der Waals surface area (Å²) in [4.78, 5) is 51.0. The largest absolute Gasteiger partial charge is 0.479 e. The minimum absolute atomic E-state index is 0.0191. The maximum atomic E-state index is 13.1. The van der Waals surface area contributed by atoms with E-state index in [-0.39, 0.29) is 25.9 Å². The van der Waals surface area contributed by atoms with Crippen LogP contribution in [0.4, 0.5) is 0 Å². The van der Waals surface area contributed by atoms with Gasteiger partial charge in [-0.2, -0.15) is 0 Å². The minimum atomic E-state index is -1.92. The van der Waals surface area contributed by atoms with E-state index < -0.39 is 67.3 Å². The van der Waals surface area contributed by atoms with E-state index in [0.717, 1.165) is 103 Å². The van der Waals surface area contributed by atoms with Crippen LogP contribution in [0.1, 0.15) is 239 Å². The SMILES string of the molecule is CC/C=C\C/C=C\C/C=C\C/C=C\C/C=C\CC(=O)OCC(COC1OC(C(=O)O)C(O)C(O)C1OC(=O)CCCCCCC/C=C\CCCCCCCC)OC(=O)CCCCCCC/C=C\CCCCCCCC. The fourth-order valence-corrected chi connectivity index (χ4v) is 8.43. The van der Waals surface area contributed by atoms with Gasteiger partial charge in [0.15, 0.2) is 24.6 Å². The summed E-state index contributed by atoms with van der Waals surface area (Å²) in [5.41, 5.74) is 0. The predicted octanol–water partition coefficient (Wildman–Crippen LogP) is 15.1. The van der Waals surface area contributed by atoms with Gasteiger partial charge >= 0.3 is 23.9 Å². The molecule has 1 heterocycles. The number of rotatable bonds is 49. The number of allylic oxidation sites excluding steroid dienone is 13. The molecule has 3 N–H and O–H groups in total. The average Bonchev–Trinajstić information content (AvgIpc) is 3.39. The zero-order valence-corrected chi connectivity index (χ0v) is 47.0. The Kier molecular flexibility index (Phi) is 46.6. The van der Waals surface area contributed by atoms with Crippen LogP contribution in [-0.4, -0.2) is 89.2 Å². The van der Waals surface area contributed by atoms with Crippen molar-refractivity contribution in [2.24, 2.45) is 0 Å². The molecular weight excluding hydrogens is 949 g/mol. The Morgan fingerprint density at radius 2 is 0.880 bits per heavy atom. The fraction of sp³-hybridized carbons (Fsp3) is 0.714. The van der Waals surface area contributed by atoms with Gasteiger partial charge in [-0.3, -0.25) is 14.4 Å². The molecular formula is C63H104O12. The van der Waals surface area contributed by atoms with E-state index in [1.165, 1.54) is 77.0 Å². The van der Waals surface area contributed by atoms with Gasteiger partial charge in [0.25, 0.3) is 0 Å². The molecule has 1 saturated heterocycles. The lowest BCUT2D eigenvalue weighted by Gasteiger charge is -2.40. The third-order valence-electron chi connectivity index (χ3n) is 13.0. The molecule has 6 atom stereocenters. The Labute approximate surface area is 454 Å². The molecule has 0 bridgehead atoms. The molecule has 0 amide bonds. The zero-order chi connectivity index (χ0) is 54.7. The Bertz CT molecular complexity index is 1630. The number of carboxylic acid groups (broad SMARTS) is 1. The average molecular weight is 1050 g/mol. The molecule has 0 spiro atoms. The predicted molar refractivity (Wildman–Crippen MR) is 303 cm³/mol. The van der Waals surface area contributed by atoms with Crippen LogP contribution in [0.3, 0.4) is 0 Å². The molecule has 1 rings (SSSR count). The lowest BCUT2D eigenvalue weighted by molar-refractivity contribution is -0.301. The molecule has 0 saturated carbocycles. The first kappa shape index (κ1) is 68.9. The summed E-state index contributed by atoms with van der Waals surface area (Å²) in [6, 6.07) is 0. The van der Waals surface area contributed by atoms with Crippen LogP contribution in [0.25, 0.3) is 0 Å². The van der Waals surface area contributed by atoms with Crippen molar-refractivity contribution in [1.29, 1.82) is 0 Å². The van der Waals surface area contributed by atoms with Crippen LogP contribution in [0, 0.1) is 0 Å². The molecule has 1 aliphatic heterocycles. The van der Waals surface area contributed by atoms with Gasteiger partial charge in [-0.05, 0) is 96.3 Å². The van der Waals surface area contributed by atoms with Crippen molar-refractivity contribution in [1.82, 2.24) is 0 Å². The standard InChI is InChI=1S/C63H104O12/c1-4-7-10-13-16-19-22-25-28-31-34-37-40-43-46-49-55(64)71-52-54(73-56(65)50-47-44-41-38-35-32-29-26-23-20-17-14-11-8-5-2)53-72-63-61(59(68)58(67)60(75-63)62(69)70)74-57(66)51-48-45-42-39-36-33-30-27-24-21-18-15-12-9-6-3/h7,10,16,19,25-30,34,37,43,46,54,58-61,63,67-68H,4-6,8-9,11-15,17-18,20-24,31-33,35-36,38-42,44-45,47-53H2,1-3H3,(H,69,70)/b10-7-,19-16-,28-25-,29-26-,30-27-,37-34-,46-43-. The second-order valence-electron chi connectivity index (χ2n) is 19.9. The summed E-state index contributed by atoms with van der Waals surface area (Å²) < 4.78 is 28.3. The highest BCUT2D eigenvalue weighted by molar-refractivity contribution is 5.74. The van der Waals surface area contributed by atoms with Gasteiger partial charge < -0.3 is 39.0 Å². The summed E-state index contributed by atoms with van der Waals surface area (Å²) in [5, 5.41) is 31.5. The zero-order valence-electron chi connectivity index (χ0n) is 47.0. The van der Waals surface area contributed by atoms with E-state index in [2.05, 4.69) is 87.6 Å². The van der Waals surface area contributed by atoms with Crippen LogP contribution < -0.4 is 0 Å². The first-order chi connectivity index (χ1) is 36.6. The van der Waals surface area contributed by atoms with Crippen molar-refractivity contribution < 1.29 is 58.2 Å². The Morgan fingerprint density at radius 3 is 1.33 bits per heavy atom. The number of hydrogen-bond acceptors (Lipinski definition) is 11. The second kappa shape index (κ2) is 50.7. The molecule has 0 aromatic rings.